The van der Waals surface area contributed by atoms with Gasteiger partial charge in [0.25, 0.3) is 5.56 Å². The van der Waals surface area contributed by atoms with Gasteiger partial charge in [0.05, 0.1) is 6.54 Å². The molecule has 0 atom stereocenters. The average Bonchev–Trinajstić information content (AvgIpc) is 2.40. The lowest BCUT2D eigenvalue weighted by molar-refractivity contribution is 0.579. The molecule has 2 rings (SSSR count). The van der Waals surface area contributed by atoms with Crippen LogP contribution in [0, 0.1) is 6.92 Å². The molecule has 2 N–H and O–H groups in total. The van der Waals surface area contributed by atoms with Gasteiger partial charge in [-0.25, -0.2) is 4.79 Å². The maximum atomic E-state index is 12.2. The fraction of sp³-hybridized carbons (Fsp3) is 0.286. The van der Waals surface area contributed by atoms with Gasteiger partial charge in [-0.2, -0.15) is 0 Å². The van der Waals surface area contributed by atoms with E-state index in [1.807, 2.05) is 31.2 Å². The van der Waals surface area contributed by atoms with E-state index in [1.165, 1.54) is 16.8 Å². The van der Waals surface area contributed by atoms with Gasteiger partial charge >= 0.3 is 5.69 Å². The van der Waals surface area contributed by atoms with Crippen molar-refractivity contribution < 1.29 is 0 Å². The van der Waals surface area contributed by atoms with Crippen molar-refractivity contribution in [2.75, 3.05) is 6.54 Å². The largest absolute Gasteiger partial charge is 0.331 e. The van der Waals surface area contributed by atoms with Crippen molar-refractivity contribution in [3.05, 3.63) is 68.5 Å². The second-order valence-electron chi connectivity index (χ2n) is 4.43. The zero-order valence-corrected chi connectivity index (χ0v) is 10.9. The van der Waals surface area contributed by atoms with Crippen LogP contribution in [0.4, 0.5) is 0 Å². The zero-order valence-electron chi connectivity index (χ0n) is 10.9. The number of benzene rings is 1. The highest BCUT2D eigenvalue weighted by Crippen LogP contribution is 2.07. The summed E-state index contributed by atoms with van der Waals surface area (Å²) in [6.07, 6.45) is 1.53. The predicted octanol–water partition coefficient (Wildman–Crippen LogP) is 0.325. The van der Waals surface area contributed by atoms with Crippen LogP contribution in [0.2, 0.25) is 0 Å². The Labute approximate surface area is 110 Å². The quantitative estimate of drug-likeness (QED) is 0.860. The predicted molar refractivity (Wildman–Crippen MR) is 74.3 cm³/mol. The van der Waals surface area contributed by atoms with Gasteiger partial charge < -0.3 is 5.73 Å². The Morgan fingerprint density at radius 3 is 2.58 bits per heavy atom. The van der Waals surface area contributed by atoms with Crippen LogP contribution in [0.5, 0.6) is 0 Å². The lowest BCUT2D eigenvalue weighted by atomic mass is 10.1. The monoisotopic (exact) mass is 259 g/mol. The van der Waals surface area contributed by atoms with Gasteiger partial charge in [0, 0.05) is 25.4 Å². The summed E-state index contributed by atoms with van der Waals surface area (Å²) >= 11 is 0. The molecule has 1 aromatic heterocycles. The Morgan fingerprint density at radius 1 is 1.16 bits per heavy atom. The second-order valence-corrected chi connectivity index (χ2v) is 4.43. The Morgan fingerprint density at radius 2 is 1.89 bits per heavy atom. The summed E-state index contributed by atoms with van der Waals surface area (Å²) in [6, 6.07) is 9.26. The maximum Gasteiger partial charge on any atom is 0.331 e. The Bertz CT molecular complexity index is 686. The first kappa shape index (κ1) is 13.3. The molecule has 0 unspecified atom stereocenters. The normalized spacial score (nSPS) is 10.6. The SMILES string of the molecule is Cc1ccccc1Cn1ccc(=O)n(CCN)c1=O. The molecule has 100 valence electrons. The first-order valence-corrected chi connectivity index (χ1v) is 6.18. The summed E-state index contributed by atoms with van der Waals surface area (Å²) in [6.45, 7) is 2.96. The molecule has 0 saturated carbocycles. The van der Waals surface area contributed by atoms with Crippen molar-refractivity contribution in [3.63, 3.8) is 0 Å². The van der Waals surface area contributed by atoms with Crippen molar-refractivity contribution in [2.45, 2.75) is 20.0 Å². The molecule has 1 heterocycles. The lowest BCUT2D eigenvalue weighted by Crippen LogP contribution is -2.40. The third kappa shape index (κ3) is 2.82. The summed E-state index contributed by atoms with van der Waals surface area (Å²) in [4.78, 5) is 23.8. The standard InChI is InChI=1S/C14H17N3O2/c1-11-4-2-3-5-12(11)10-16-8-6-13(18)17(9-7-15)14(16)19/h2-6,8H,7,9-10,15H2,1H3. The highest BCUT2D eigenvalue weighted by Gasteiger charge is 2.05. The molecule has 1 aromatic carbocycles. The van der Waals surface area contributed by atoms with Crippen molar-refractivity contribution in [2.24, 2.45) is 5.73 Å². The minimum absolute atomic E-state index is 0.242. The van der Waals surface area contributed by atoms with Crippen LogP contribution in [0.1, 0.15) is 11.1 Å². The number of rotatable bonds is 4. The smallest absolute Gasteiger partial charge is 0.329 e. The molecular formula is C14H17N3O2. The van der Waals surface area contributed by atoms with E-state index in [-0.39, 0.29) is 24.3 Å². The molecule has 5 heteroatoms. The van der Waals surface area contributed by atoms with Crippen LogP contribution < -0.4 is 17.0 Å². The third-order valence-corrected chi connectivity index (χ3v) is 3.09. The molecule has 0 fully saturated rings. The molecule has 2 aromatic rings. The molecule has 0 spiro atoms. The fourth-order valence-electron chi connectivity index (χ4n) is 1.98. The van der Waals surface area contributed by atoms with E-state index in [4.69, 9.17) is 5.73 Å². The molecule has 0 bridgehead atoms. The molecule has 0 aliphatic carbocycles. The zero-order chi connectivity index (χ0) is 13.8. The highest BCUT2D eigenvalue weighted by atomic mass is 16.2. The average molecular weight is 259 g/mol. The van der Waals surface area contributed by atoms with Crippen molar-refractivity contribution >= 4 is 0 Å². The van der Waals surface area contributed by atoms with Gasteiger partial charge in [0.15, 0.2) is 0 Å². The summed E-state index contributed by atoms with van der Waals surface area (Å²) in [5.74, 6) is 0. The van der Waals surface area contributed by atoms with Crippen LogP contribution >= 0.6 is 0 Å². The van der Waals surface area contributed by atoms with Gasteiger partial charge in [0.2, 0.25) is 0 Å². The van der Waals surface area contributed by atoms with Crippen LogP contribution in [0.15, 0.2) is 46.1 Å². The summed E-state index contributed by atoms with van der Waals surface area (Å²) in [5, 5.41) is 0. The van der Waals surface area contributed by atoms with E-state index >= 15 is 0 Å². The molecule has 0 saturated heterocycles. The van der Waals surface area contributed by atoms with E-state index in [9.17, 15) is 9.59 Å². The summed E-state index contributed by atoms with van der Waals surface area (Å²) < 4.78 is 2.69. The molecular weight excluding hydrogens is 242 g/mol. The highest BCUT2D eigenvalue weighted by molar-refractivity contribution is 5.25. The third-order valence-electron chi connectivity index (χ3n) is 3.09. The van der Waals surface area contributed by atoms with Gasteiger partial charge in [0.1, 0.15) is 0 Å². The number of nitrogens with zero attached hydrogens (tertiary/aromatic N) is 2. The van der Waals surface area contributed by atoms with Gasteiger partial charge in [-0.1, -0.05) is 24.3 Å². The Balaban J connectivity index is 2.42. The van der Waals surface area contributed by atoms with Gasteiger partial charge in [-0.3, -0.25) is 13.9 Å². The van der Waals surface area contributed by atoms with Crippen LogP contribution in [0.3, 0.4) is 0 Å². The topological polar surface area (TPSA) is 70.0 Å². The maximum absolute atomic E-state index is 12.2. The number of hydrogen-bond acceptors (Lipinski definition) is 3. The van der Waals surface area contributed by atoms with E-state index in [0.29, 0.717) is 6.54 Å². The lowest BCUT2D eigenvalue weighted by Gasteiger charge is -2.10. The van der Waals surface area contributed by atoms with E-state index in [1.54, 1.807) is 0 Å². The van der Waals surface area contributed by atoms with Crippen LogP contribution in [0.25, 0.3) is 0 Å². The summed E-state index contributed by atoms with van der Waals surface area (Å²) in [7, 11) is 0. The number of aryl methyl sites for hydroxylation is 1. The first-order chi connectivity index (χ1) is 9.13. The number of nitrogens with two attached hydrogens (primary N) is 1. The summed E-state index contributed by atoms with van der Waals surface area (Å²) in [5.41, 5.74) is 6.96. The van der Waals surface area contributed by atoms with Crippen LogP contribution in [-0.2, 0) is 13.1 Å². The molecule has 0 amide bonds. The molecule has 0 aliphatic rings. The first-order valence-electron chi connectivity index (χ1n) is 6.18. The van der Waals surface area contributed by atoms with E-state index in [0.717, 1.165) is 15.7 Å². The Kier molecular flexibility index (Phi) is 3.97. The van der Waals surface area contributed by atoms with Gasteiger partial charge in [-0.15, -0.1) is 0 Å². The van der Waals surface area contributed by atoms with Gasteiger partial charge in [-0.05, 0) is 18.1 Å². The Hall–Kier alpha value is -2.14. The molecule has 19 heavy (non-hydrogen) atoms. The number of hydrogen-bond donors (Lipinski definition) is 1. The van der Waals surface area contributed by atoms with Crippen molar-refractivity contribution in [1.29, 1.82) is 0 Å². The van der Waals surface area contributed by atoms with Crippen molar-refractivity contribution in [3.8, 4) is 0 Å². The molecule has 5 nitrogen and oxygen atoms in total. The second kappa shape index (κ2) is 5.67. The minimum Gasteiger partial charge on any atom is -0.329 e. The fourth-order valence-corrected chi connectivity index (χ4v) is 1.98. The van der Waals surface area contributed by atoms with Crippen molar-refractivity contribution in [1.82, 2.24) is 9.13 Å². The van der Waals surface area contributed by atoms with Crippen LogP contribution in [-0.4, -0.2) is 15.7 Å². The minimum atomic E-state index is -0.318. The molecule has 0 radical (unpaired) electrons. The number of aromatic nitrogens is 2. The van der Waals surface area contributed by atoms with E-state index < -0.39 is 0 Å². The van der Waals surface area contributed by atoms with E-state index in [2.05, 4.69) is 0 Å². The molecule has 0 aliphatic heterocycles.